The molecule has 0 fully saturated rings. The number of ketones is 1. The maximum atomic E-state index is 12.6. The van der Waals surface area contributed by atoms with Crippen molar-refractivity contribution >= 4 is 57.4 Å². The second-order valence-corrected chi connectivity index (χ2v) is 7.70. The number of ether oxygens (including phenoxy) is 1. The molecule has 1 amide bonds. The lowest BCUT2D eigenvalue weighted by Gasteiger charge is -2.07. The number of nitrogens with zero attached hydrogens (tertiary/aromatic N) is 2. The summed E-state index contributed by atoms with van der Waals surface area (Å²) in [5.41, 5.74) is 0.592. The zero-order valence-corrected chi connectivity index (χ0v) is 16.9. The fourth-order valence-corrected chi connectivity index (χ4v) is 3.96. The predicted molar refractivity (Wildman–Crippen MR) is 102 cm³/mol. The van der Waals surface area contributed by atoms with Crippen molar-refractivity contribution < 1.29 is 19.1 Å². The molecular formula is C16H16ClN3O4S2. The van der Waals surface area contributed by atoms with E-state index in [0.29, 0.717) is 15.6 Å². The van der Waals surface area contributed by atoms with Crippen LogP contribution in [0.5, 0.6) is 0 Å². The summed E-state index contributed by atoms with van der Waals surface area (Å²) in [4.78, 5) is 45.0. The van der Waals surface area contributed by atoms with Gasteiger partial charge in [-0.2, -0.15) is 0 Å². The standard InChI is InChI=1S/C16H16ClN3O4S2/c1-5-25-16-18-6-9(17)11(19-16)13(22)20-14-10(15(23)24-4)7(2)12(26-14)8(3)21/h6H,5H2,1-4H3,(H,20,22). The number of carbonyl (C=O) groups is 3. The van der Waals surface area contributed by atoms with E-state index in [2.05, 4.69) is 15.3 Å². The van der Waals surface area contributed by atoms with Gasteiger partial charge in [0.25, 0.3) is 5.91 Å². The van der Waals surface area contributed by atoms with Crippen molar-refractivity contribution in [1.29, 1.82) is 0 Å². The number of thioether (sulfide) groups is 1. The molecule has 2 rings (SSSR count). The van der Waals surface area contributed by atoms with Crippen molar-refractivity contribution in [1.82, 2.24) is 9.97 Å². The molecule has 0 bridgehead atoms. The van der Waals surface area contributed by atoms with Crippen molar-refractivity contribution in [3.63, 3.8) is 0 Å². The van der Waals surface area contributed by atoms with E-state index in [9.17, 15) is 14.4 Å². The predicted octanol–water partition coefficient (Wildman–Crippen LogP) is 3.85. The number of Topliss-reactive ketones (excluding diaryl/α,β-unsaturated/α-hetero) is 1. The summed E-state index contributed by atoms with van der Waals surface area (Å²) in [5, 5.41) is 3.33. The van der Waals surface area contributed by atoms with Gasteiger partial charge in [0, 0.05) is 0 Å². The van der Waals surface area contributed by atoms with Crippen LogP contribution in [0, 0.1) is 6.92 Å². The van der Waals surface area contributed by atoms with Gasteiger partial charge in [0.05, 0.1) is 28.8 Å². The van der Waals surface area contributed by atoms with Crippen LogP contribution in [-0.2, 0) is 4.74 Å². The minimum Gasteiger partial charge on any atom is -0.465 e. The molecule has 0 saturated carbocycles. The topological polar surface area (TPSA) is 98.2 Å². The van der Waals surface area contributed by atoms with E-state index < -0.39 is 11.9 Å². The Bertz CT molecular complexity index is 883. The Kier molecular flexibility index (Phi) is 6.74. The first kappa shape index (κ1) is 20.3. The van der Waals surface area contributed by atoms with E-state index in [1.165, 1.54) is 32.0 Å². The molecule has 0 spiro atoms. The van der Waals surface area contributed by atoms with Gasteiger partial charge >= 0.3 is 5.97 Å². The van der Waals surface area contributed by atoms with Crippen molar-refractivity contribution in [3.05, 3.63) is 32.9 Å². The smallest absolute Gasteiger partial charge is 0.341 e. The highest BCUT2D eigenvalue weighted by Crippen LogP contribution is 2.34. The average molecular weight is 414 g/mol. The molecule has 10 heteroatoms. The van der Waals surface area contributed by atoms with Gasteiger partial charge in [0.1, 0.15) is 5.00 Å². The largest absolute Gasteiger partial charge is 0.465 e. The number of nitrogens with one attached hydrogen (secondary N) is 1. The first-order valence-electron chi connectivity index (χ1n) is 7.49. The van der Waals surface area contributed by atoms with Crippen LogP contribution in [0.15, 0.2) is 11.4 Å². The molecule has 0 radical (unpaired) electrons. The van der Waals surface area contributed by atoms with E-state index in [1.54, 1.807) is 6.92 Å². The van der Waals surface area contributed by atoms with Crippen LogP contribution in [-0.4, -0.2) is 40.5 Å². The maximum Gasteiger partial charge on any atom is 0.341 e. The Labute approximate surface area is 163 Å². The van der Waals surface area contributed by atoms with E-state index in [0.717, 1.165) is 17.1 Å². The second-order valence-electron chi connectivity index (χ2n) is 5.04. The molecule has 0 aliphatic carbocycles. The third-order valence-electron chi connectivity index (χ3n) is 3.29. The number of hydrogen-bond acceptors (Lipinski definition) is 8. The summed E-state index contributed by atoms with van der Waals surface area (Å²) in [6, 6.07) is 0. The van der Waals surface area contributed by atoms with Crippen molar-refractivity contribution in [3.8, 4) is 0 Å². The molecule has 138 valence electrons. The molecule has 2 heterocycles. The Balaban J connectivity index is 2.43. The monoisotopic (exact) mass is 413 g/mol. The Morgan fingerprint density at radius 3 is 2.65 bits per heavy atom. The first-order valence-corrected chi connectivity index (χ1v) is 9.67. The molecule has 26 heavy (non-hydrogen) atoms. The zero-order valence-electron chi connectivity index (χ0n) is 14.5. The highest BCUT2D eigenvalue weighted by Gasteiger charge is 2.26. The van der Waals surface area contributed by atoms with Crippen molar-refractivity contribution in [2.24, 2.45) is 0 Å². The van der Waals surface area contributed by atoms with Gasteiger partial charge in [-0.25, -0.2) is 14.8 Å². The number of aromatic nitrogens is 2. The van der Waals surface area contributed by atoms with E-state index >= 15 is 0 Å². The van der Waals surface area contributed by atoms with Gasteiger partial charge in [-0.15, -0.1) is 11.3 Å². The Hall–Kier alpha value is -1.97. The van der Waals surface area contributed by atoms with Crippen LogP contribution in [0.25, 0.3) is 0 Å². The van der Waals surface area contributed by atoms with Gasteiger partial charge in [0.2, 0.25) is 0 Å². The van der Waals surface area contributed by atoms with Crippen LogP contribution < -0.4 is 5.32 Å². The minimum atomic E-state index is -0.641. The lowest BCUT2D eigenvalue weighted by molar-refractivity contribution is 0.0601. The van der Waals surface area contributed by atoms with Gasteiger partial charge in [-0.3, -0.25) is 9.59 Å². The molecule has 0 aliphatic rings. The fraction of sp³-hybridized carbons (Fsp3) is 0.312. The molecule has 0 unspecified atom stereocenters. The zero-order chi connectivity index (χ0) is 19.4. The summed E-state index contributed by atoms with van der Waals surface area (Å²) in [6.45, 7) is 4.95. The molecule has 2 aromatic rings. The number of carbonyl (C=O) groups excluding carboxylic acids is 3. The van der Waals surface area contributed by atoms with E-state index in [1.807, 2.05) is 6.92 Å². The quantitative estimate of drug-likeness (QED) is 0.332. The summed E-state index contributed by atoms with van der Waals surface area (Å²) >= 11 is 8.41. The summed E-state index contributed by atoms with van der Waals surface area (Å²) in [7, 11) is 1.23. The number of hydrogen-bond donors (Lipinski definition) is 1. The average Bonchev–Trinajstić information content (AvgIpc) is 2.92. The molecule has 7 nitrogen and oxygen atoms in total. The summed E-state index contributed by atoms with van der Waals surface area (Å²) in [6.07, 6.45) is 1.35. The van der Waals surface area contributed by atoms with E-state index in [-0.39, 0.29) is 27.1 Å². The number of anilines is 1. The molecule has 0 atom stereocenters. The van der Waals surface area contributed by atoms with Crippen molar-refractivity contribution in [2.45, 2.75) is 25.9 Å². The van der Waals surface area contributed by atoms with Gasteiger partial charge in [-0.1, -0.05) is 30.3 Å². The van der Waals surface area contributed by atoms with E-state index in [4.69, 9.17) is 16.3 Å². The number of amides is 1. The second kappa shape index (κ2) is 8.61. The number of methoxy groups -OCH3 is 1. The lowest BCUT2D eigenvalue weighted by atomic mass is 10.1. The van der Waals surface area contributed by atoms with Crippen LogP contribution >= 0.6 is 34.7 Å². The highest BCUT2D eigenvalue weighted by atomic mass is 35.5. The third-order valence-corrected chi connectivity index (χ3v) is 5.62. The van der Waals surface area contributed by atoms with Crippen molar-refractivity contribution in [2.75, 3.05) is 18.2 Å². The molecular weight excluding hydrogens is 398 g/mol. The van der Waals surface area contributed by atoms with Crippen LogP contribution in [0.2, 0.25) is 5.02 Å². The van der Waals surface area contributed by atoms with Crippen LogP contribution in [0.3, 0.4) is 0 Å². The minimum absolute atomic E-state index is 0.0103. The maximum absolute atomic E-state index is 12.6. The first-order chi connectivity index (χ1) is 12.3. The molecule has 0 aliphatic heterocycles. The molecule has 1 N–H and O–H groups in total. The normalized spacial score (nSPS) is 10.5. The number of halogens is 1. The lowest BCUT2D eigenvalue weighted by Crippen LogP contribution is -2.16. The SMILES string of the molecule is CCSc1ncc(Cl)c(C(=O)Nc2sc(C(C)=O)c(C)c2C(=O)OC)n1. The fourth-order valence-electron chi connectivity index (χ4n) is 2.16. The van der Waals surface area contributed by atoms with Crippen LogP contribution in [0.1, 0.15) is 49.9 Å². The summed E-state index contributed by atoms with van der Waals surface area (Å²) < 4.78 is 4.76. The number of thiophene rings is 1. The Morgan fingerprint density at radius 1 is 1.38 bits per heavy atom. The molecule has 2 aromatic heterocycles. The van der Waals surface area contributed by atoms with Gasteiger partial charge in [-0.05, 0) is 25.2 Å². The summed E-state index contributed by atoms with van der Waals surface area (Å²) in [5.74, 6) is -0.712. The Morgan fingerprint density at radius 2 is 2.08 bits per heavy atom. The van der Waals surface area contributed by atoms with Gasteiger partial charge < -0.3 is 10.1 Å². The van der Waals surface area contributed by atoms with Gasteiger partial charge in [0.15, 0.2) is 16.6 Å². The number of rotatable bonds is 6. The number of esters is 1. The molecule has 0 aromatic carbocycles. The molecule has 0 saturated heterocycles. The third kappa shape index (κ3) is 4.22. The van der Waals surface area contributed by atoms with Crippen LogP contribution in [0.4, 0.5) is 5.00 Å². The highest BCUT2D eigenvalue weighted by molar-refractivity contribution is 7.99.